The van der Waals surface area contributed by atoms with Crippen LogP contribution in [0.5, 0.6) is 0 Å². The zero-order chi connectivity index (χ0) is 26.0. The third-order valence-electron chi connectivity index (χ3n) is 6.38. The smallest absolute Gasteiger partial charge is 0.228 e. The number of fused-ring (bicyclic) bond motifs is 1. The number of aromatic nitrogens is 4. The summed E-state index contributed by atoms with van der Waals surface area (Å²) in [6.45, 7) is 7.74. The Morgan fingerprint density at radius 1 is 1.11 bits per heavy atom. The molecule has 1 aliphatic heterocycles. The van der Waals surface area contributed by atoms with Gasteiger partial charge in [0, 0.05) is 49.7 Å². The van der Waals surface area contributed by atoms with E-state index in [0.29, 0.717) is 29.0 Å². The summed E-state index contributed by atoms with van der Waals surface area (Å²) in [6.07, 6.45) is 1.76. The summed E-state index contributed by atoms with van der Waals surface area (Å²) in [5.74, 6) is 2.54. The molecule has 0 spiro atoms. The molecule has 37 heavy (non-hydrogen) atoms. The zero-order valence-electron chi connectivity index (χ0n) is 20.8. The molecule has 0 atom stereocenters. The molecule has 10 nitrogen and oxygen atoms in total. The minimum absolute atomic E-state index is 0.0513. The van der Waals surface area contributed by atoms with Crippen LogP contribution in [0.15, 0.2) is 46.8 Å². The second-order valence-corrected chi connectivity index (χ2v) is 12.0. The summed E-state index contributed by atoms with van der Waals surface area (Å²) in [4.78, 5) is 23.1. The monoisotopic (exact) mass is 539 g/mol. The Kier molecular flexibility index (Phi) is 7.33. The summed E-state index contributed by atoms with van der Waals surface area (Å²) in [6, 6.07) is 8.88. The Hall–Kier alpha value is -3.19. The molecular formula is C25H29N7O3S2. The van der Waals surface area contributed by atoms with Crippen molar-refractivity contribution in [3.63, 3.8) is 0 Å². The van der Waals surface area contributed by atoms with Crippen molar-refractivity contribution in [2.75, 3.05) is 55.3 Å². The Labute approximate surface area is 220 Å². The van der Waals surface area contributed by atoms with Crippen molar-refractivity contribution >= 4 is 49.0 Å². The quantitative estimate of drug-likeness (QED) is 0.345. The van der Waals surface area contributed by atoms with E-state index < -0.39 is 9.84 Å². The number of aryl methyl sites for hydroxylation is 1. The van der Waals surface area contributed by atoms with Crippen molar-refractivity contribution in [1.29, 1.82) is 0 Å². The Bertz CT molecular complexity index is 1520. The standard InChI is InChI=1S/C25H29N7O3S2/c1-3-37(34,35)19-6-4-5-18(13-19)20-16-36-21-15-26-25(30-24(20)21)29-22-14-23(28-17(2)27-22)32-9-7-31(8-10-32)11-12-33/h4-6,13-16,33H,3,7-12H2,1-2H3,(H,26,27,28,29,30). The summed E-state index contributed by atoms with van der Waals surface area (Å²) >= 11 is 1.52. The average molecular weight is 540 g/mol. The number of rotatable bonds is 8. The molecule has 3 aromatic heterocycles. The maximum absolute atomic E-state index is 12.4. The predicted molar refractivity (Wildman–Crippen MR) is 146 cm³/mol. The SMILES string of the molecule is CCS(=O)(=O)c1cccc(-c2csc3cnc(Nc4cc(N5CCN(CCO)CC5)nc(C)n4)nc23)c1. The van der Waals surface area contributed by atoms with E-state index in [0.717, 1.165) is 53.3 Å². The van der Waals surface area contributed by atoms with Crippen LogP contribution in [0.1, 0.15) is 12.7 Å². The Morgan fingerprint density at radius 2 is 1.92 bits per heavy atom. The van der Waals surface area contributed by atoms with Crippen LogP contribution >= 0.6 is 11.3 Å². The van der Waals surface area contributed by atoms with E-state index in [1.165, 1.54) is 11.3 Å². The fourth-order valence-electron chi connectivity index (χ4n) is 4.35. The van der Waals surface area contributed by atoms with Crippen molar-refractivity contribution in [1.82, 2.24) is 24.8 Å². The number of hydrogen-bond acceptors (Lipinski definition) is 11. The molecule has 0 bridgehead atoms. The Morgan fingerprint density at radius 3 is 2.68 bits per heavy atom. The molecule has 1 aliphatic rings. The summed E-state index contributed by atoms with van der Waals surface area (Å²) < 4.78 is 25.7. The molecule has 194 valence electrons. The molecule has 0 aliphatic carbocycles. The molecule has 1 fully saturated rings. The van der Waals surface area contributed by atoms with E-state index in [1.54, 1.807) is 31.3 Å². The number of hydrogen-bond donors (Lipinski definition) is 2. The van der Waals surface area contributed by atoms with Crippen molar-refractivity contribution in [3.8, 4) is 11.1 Å². The highest BCUT2D eigenvalue weighted by molar-refractivity contribution is 7.91. The number of sulfone groups is 1. The summed E-state index contributed by atoms with van der Waals surface area (Å²) in [5, 5.41) is 14.4. The molecule has 0 amide bonds. The molecule has 2 N–H and O–H groups in total. The van der Waals surface area contributed by atoms with Crippen molar-refractivity contribution < 1.29 is 13.5 Å². The summed E-state index contributed by atoms with van der Waals surface area (Å²) in [7, 11) is -3.31. The lowest BCUT2D eigenvalue weighted by Gasteiger charge is -2.35. The lowest BCUT2D eigenvalue weighted by atomic mass is 10.1. The fraction of sp³-hybridized carbons (Fsp3) is 0.360. The molecule has 0 saturated carbocycles. The number of benzene rings is 1. The van der Waals surface area contributed by atoms with Crippen molar-refractivity contribution in [3.05, 3.63) is 47.7 Å². The van der Waals surface area contributed by atoms with Gasteiger partial charge < -0.3 is 15.3 Å². The number of anilines is 3. The lowest BCUT2D eigenvalue weighted by Crippen LogP contribution is -2.47. The predicted octanol–water partition coefficient (Wildman–Crippen LogP) is 3.11. The van der Waals surface area contributed by atoms with Crippen LogP contribution in [0.3, 0.4) is 0 Å². The van der Waals surface area contributed by atoms with E-state index in [9.17, 15) is 13.5 Å². The molecule has 5 rings (SSSR count). The Balaban J connectivity index is 1.41. The number of aliphatic hydroxyl groups excluding tert-OH is 1. The molecule has 1 aromatic carbocycles. The van der Waals surface area contributed by atoms with Gasteiger partial charge in [-0.1, -0.05) is 19.1 Å². The minimum atomic E-state index is -3.31. The second-order valence-electron chi connectivity index (χ2n) is 8.82. The third kappa shape index (κ3) is 5.57. The van der Waals surface area contributed by atoms with Gasteiger partial charge in [0.2, 0.25) is 5.95 Å². The maximum atomic E-state index is 12.4. The maximum Gasteiger partial charge on any atom is 0.228 e. The zero-order valence-corrected chi connectivity index (χ0v) is 22.4. The van der Waals surface area contributed by atoms with Gasteiger partial charge in [-0.2, -0.15) is 0 Å². The molecule has 4 heterocycles. The third-order valence-corrected chi connectivity index (χ3v) is 9.01. The van der Waals surface area contributed by atoms with Gasteiger partial charge in [0.15, 0.2) is 9.84 Å². The summed E-state index contributed by atoms with van der Waals surface area (Å²) in [5.41, 5.74) is 2.41. The van der Waals surface area contributed by atoms with E-state index in [4.69, 9.17) is 4.98 Å². The molecule has 1 saturated heterocycles. The van der Waals surface area contributed by atoms with Gasteiger partial charge >= 0.3 is 0 Å². The molecule has 0 radical (unpaired) electrons. The fourth-order valence-corrected chi connectivity index (χ4v) is 6.15. The molecule has 0 unspecified atom stereocenters. The first-order valence-corrected chi connectivity index (χ1v) is 14.7. The highest BCUT2D eigenvalue weighted by Gasteiger charge is 2.19. The highest BCUT2D eigenvalue weighted by Crippen LogP contribution is 2.34. The van der Waals surface area contributed by atoms with Crippen LogP contribution in [-0.2, 0) is 9.84 Å². The first-order valence-electron chi connectivity index (χ1n) is 12.1. The number of aliphatic hydroxyl groups is 1. The van der Waals surface area contributed by atoms with E-state index in [1.807, 2.05) is 24.4 Å². The number of thiophene rings is 1. The van der Waals surface area contributed by atoms with Gasteiger partial charge in [-0.3, -0.25) is 4.90 Å². The number of nitrogens with zero attached hydrogens (tertiary/aromatic N) is 6. The topological polar surface area (TPSA) is 124 Å². The van der Waals surface area contributed by atoms with E-state index >= 15 is 0 Å². The minimum Gasteiger partial charge on any atom is -0.395 e. The van der Waals surface area contributed by atoms with Gasteiger partial charge in [0.1, 0.15) is 17.5 Å². The average Bonchev–Trinajstić information content (AvgIpc) is 3.32. The van der Waals surface area contributed by atoms with Crippen LogP contribution in [0.25, 0.3) is 21.3 Å². The lowest BCUT2D eigenvalue weighted by molar-refractivity contribution is 0.188. The van der Waals surface area contributed by atoms with Crippen LogP contribution in [0.2, 0.25) is 0 Å². The van der Waals surface area contributed by atoms with Crippen LogP contribution < -0.4 is 10.2 Å². The second kappa shape index (κ2) is 10.7. The molecule has 4 aromatic rings. The van der Waals surface area contributed by atoms with Gasteiger partial charge in [-0.15, -0.1) is 11.3 Å². The van der Waals surface area contributed by atoms with Crippen LogP contribution in [-0.4, -0.2) is 83.4 Å². The van der Waals surface area contributed by atoms with Gasteiger partial charge in [0.25, 0.3) is 0 Å². The number of nitrogens with one attached hydrogen (secondary N) is 1. The van der Waals surface area contributed by atoms with E-state index in [-0.39, 0.29) is 12.4 Å². The largest absolute Gasteiger partial charge is 0.395 e. The first kappa shape index (κ1) is 25.5. The van der Waals surface area contributed by atoms with E-state index in [2.05, 4.69) is 30.1 Å². The molecule has 12 heteroatoms. The molecular weight excluding hydrogens is 510 g/mol. The normalized spacial score (nSPS) is 14.8. The van der Waals surface area contributed by atoms with Gasteiger partial charge in [-0.25, -0.2) is 28.4 Å². The first-order chi connectivity index (χ1) is 17.9. The highest BCUT2D eigenvalue weighted by atomic mass is 32.2. The van der Waals surface area contributed by atoms with Gasteiger partial charge in [0.05, 0.1) is 33.7 Å². The number of piperazine rings is 1. The van der Waals surface area contributed by atoms with Crippen molar-refractivity contribution in [2.24, 2.45) is 0 Å². The van der Waals surface area contributed by atoms with Crippen LogP contribution in [0, 0.1) is 6.92 Å². The van der Waals surface area contributed by atoms with Gasteiger partial charge in [-0.05, 0) is 24.6 Å². The van der Waals surface area contributed by atoms with Crippen molar-refractivity contribution in [2.45, 2.75) is 18.7 Å². The van der Waals surface area contributed by atoms with Crippen LogP contribution in [0.4, 0.5) is 17.6 Å². The number of β-amino-alcohol motifs (C(OH)–C–C–N with tert-alkyl or cyclic N) is 1.